The molecule has 1 aliphatic heterocycles. The number of carbonyl (C=O) groups is 1. The molecule has 0 aromatic carbocycles. The molecule has 1 rings (SSSR count). The van der Waals surface area contributed by atoms with E-state index >= 15 is 0 Å². The van der Waals surface area contributed by atoms with Crippen LogP contribution in [-0.4, -0.2) is 45.6 Å². The van der Waals surface area contributed by atoms with Gasteiger partial charge >= 0.3 is 0 Å². The average Bonchev–Trinajstić information content (AvgIpc) is 2.61. The van der Waals surface area contributed by atoms with Gasteiger partial charge < -0.3 is 14.8 Å². The number of likely N-dealkylation sites (N-methyl/N-ethyl adjacent to an activating group) is 1. The summed E-state index contributed by atoms with van der Waals surface area (Å²) in [6, 6.07) is 0.0829. The van der Waals surface area contributed by atoms with Crippen molar-refractivity contribution >= 4 is 13.8 Å². The topological polar surface area (TPSA) is 47.6 Å². The summed E-state index contributed by atoms with van der Waals surface area (Å²) in [5.74, 6) is 0.326. The van der Waals surface area contributed by atoms with Gasteiger partial charge in [-0.1, -0.05) is 13.8 Å². The smallest absolute Gasteiger partial charge is 0.245 e. The van der Waals surface area contributed by atoms with Crippen molar-refractivity contribution in [1.82, 2.24) is 5.32 Å². The van der Waals surface area contributed by atoms with Crippen LogP contribution in [0.5, 0.6) is 0 Å². The third kappa shape index (κ3) is 2.98. The highest BCUT2D eigenvalue weighted by Gasteiger charge is 2.40. The quantitative estimate of drug-likeness (QED) is 0.668. The molecule has 4 nitrogen and oxygen atoms in total. The Bertz CT molecular complexity index is 237. The monoisotopic (exact) mass is 227 g/mol. The number of ether oxygens (including phenoxy) is 2. The Morgan fingerprint density at radius 1 is 1.44 bits per heavy atom. The minimum Gasteiger partial charge on any atom is -0.381 e. The van der Waals surface area contributed by atoms with Gasteiger partial charge in [0.05, 0.1) is 18.2 Å². The summed E-state index contributed by atoms with van der Waals surface area (Å²) in [4.78, 5) is 11.1. The van der Waals surface area contributed by atoms with Gasteiger partial charge in [0.2, 0.25) is 5.91 Å². The van der Waals surface area contributed by atoms with E-state index in [9.17, 15) is 4.79 Å². The van der Waals surface area contributed by atoms with Crippen LogP contribution in [0.3, 0.4) is 0 Å². The molecule has 0 spiro atoms. The maximum atomic E-state index is 11.1. The normalized spacial score (nSPS) is 33.9. The fourth-order valence-electron chi connectivity index (χ4n) is 2.41. The van der Waals surface area contributed by atoms with Crippen LogP contribution in [-0.2, 0) is 14.3 Å². The molecule has 0 bridgehead atoms. The van der Waals surface area contributed by atoms with Gasteiger partial charge in [-0.05, 0) is 12.8 Å². The Kier molecular flexibility index (Phi) is 5.28. The summed E-state index contributed by atoms with van der Waals surface area (Å²) < 4.78 is 11.5. The van der Waals surface area contributed by atoms with Crippen molar-refractivity contribution in [2.75, 3.05) is 13.7 Å². The van der Waals surface area contributed by atoms with E-state index in [-0.39, 0.29) is 30.7 Å². The van der Waals surface area contributed by atoms with E-state index in [1.165, 1.54) is 0 Å². The SMILES string of the molecule is BC1OC(CC)C(CC)C1OCC(=O)NC. The highest BCUT2D eigenvalue weighted by molar-refractivity contribution is 6.11. The minimum absolute atomic E-state index is 0.0484. The maximum absolute atomic E-state index is 11.1. The van der Waals surface area contributed by atoms with Gasteiger partial charge in [0.25, 0.3) is 0 Å². The molecule has 1 aliphatic rings. The van der Waals surface area contributed by atoms with Gasteiger partial charge in [0.15, 0.2) is 0 Å². The number of carbonyl (C=O) groups excluding carboxylic acids is 1. The largest absolute Gasteiger partial charge is 0.381 e. The first-order chi connectivity index (χ1) is 7.63. The van der Waals surface area contributed by atoms with Crippen LogP contribution >= 0.6 is 0 Å². The molecule has 1 saturated heterocycles. The van der Waals surface area contributed by atoms with Gasteiger partial charge in [0.1, 0.15) is 14.5 Å². The Labute approximate surface area is 98.5 Å². The summed E-state index contributed by atoms with van der Waals surface area (Å²) >= 11 is 0. The summed E-state index contributed by atoms with van der Waals surface area (Å²) in [5.41, 5.74) is 0. The lowest BCUT2D eigenvalue weighted by Crippen LogP contribution is -2.35. The van der Waals surface area contributed by atoms with Gasteiger partial charge in [-0.3, -0.25) is 4.79 Å². The zero-order chi connectivity index (χ0) is 12.1. The van der Waals surface area contributed by atoms with Crippen molar-refractivity contribution in [3.05, 3.63) is 0 Å². The Morgan fingerprint density at radius 3 is 2.62 bits per heavy atom. The highest BCUT2D eigenvalue weighted by atomic mass is 16.6. The van der Waals surface area contributed by atoms with Crippen LogP contribution in [0.1, 0.15) is 26.7 Å². The van der Waals surface area contributed by atoms with E-state index < -0.39 is 0 Å². The first-order valence-corrected chi connectivity index (χ1v) is 6.11. The zero-order valence-corrected chi connectivity index (χ0v) is 10.7. The van der Waals surface area contributed by atoms with Crippen LogP contribution in [0.15, 0.2) is 0 Å². The Hall–Kier alpha value is -0.545. The summed E-state index contributed by atoms with van der Waals surface area (Å²) in [5, 5.41) is 2.56. The standard InChI is InChI=1S/C11H22BNO3/c1-4-7-8(5-2)16-11(12)10(7)15-6-9(14)13-3/h7-8,10-11H,4-6,12H2,1-3H3,(H,13,14). The molecular formula is C11H22BNO3. The first-order valence-electron chi connectivity index (χ1n) is 6.11. The second-order valence-corrected chi connectivity index (χ2v) is 4.31. The molecule has 4 unspecified atom stereocenters. The van der Waals surface area contributed by atoms with E-state index in [0.717, 1.165) is 12.8 Å². The first kappa shape index (κ1) is 13.5. The van der Waals surface area contributed by atoms with Gasteiger partial charge in [-0.15, -0.1) is 0 Å². The lowest BCUT2D eigenvalue weighted by atomic mass is 9.85. The fourth-order valence-corrected chi connectivity index (χ4v) is 2.41. The van der Waals surface area contributed by atoms with Crippen LogP contribution in [0.25, 0.3) is 0 Å². The van der Waals surface area contributed by atoms with Crippen molar-refractivity contribution in [2.24, 2.45) is 5.92 Å². The maximum Gasteiger partial charge on any atom is 0.245 e. The second-order valence-electron chi connectivity index (χ2n) is 4.31. The molecule has 1 N–H and O–H groups in total. The third-order valence-electron chi connectivity index (χ3n) is 3.31. The highest BCUT2D eigenvalue weighted by Crippen LogP contribution is 2.32. The van der Waals surface area contributed by atoms with Crippen molar-refractivity contribution < 1.29 is 14.3 Å². The molecule has 0 aromatic rings. The summed E-state index contributed by atoms with van der Waals surface area (Å²) in [7, 11) is 3.64. The lowest BCUT2D eigenvalue weighted by molar-refractivity contribution is -0.128. The second kappa shape index (κ2) is 6.25. The molecule has 1 fully saturated rings. The van der Waals surface area contributed by atoms with E-state index in [1.807, 2.05) is 7.85 Å². The molecule has 0 radical (unpaired) electrons. The van der Waals surface area contributed by atoms with Crippen LogP contribution in [0.4, 0.5) is 0 Å². The molecule has 4 atom stereocenters. The molecule has 92 valence electrons. The predicted octanol–water partition coefficient (Wildman–Crippen LogP) is -0.0882. The van der Waals surface area contributed by atoms with Crippen LogP contribution in [0, 0.1) is 5.92 Å². The van der Waals surface area contributed by atoms with E-state index in [0.29, 0.717) is 5.92 Å². The average molecular weight is 227 g/mol. The zero-order valence-electron chi connectivity index (χ0n) is 10.7. The Morgan fingerprint density at radius 2 is 2.12 bits per heavy atom. The molecule has 5 heteroatoms. The van der Waals surface area contributed by atoms with Crippen molar-refractivity contribution in [2.45, 2.75) is 44.9 Å². The summed E-state index contributed by atoms with van der Waals surface area (Å²) in [6.07, 6.45) is 2.35. The fraction of sp³-hybridized carbons (Fsp3) is 0.909. The van der Waals surface area contributed by atoms with Crippen molar-refractivity contribution in [3.63, 3.8) is 0 Å². The number of amides is 1. The van der Waals surface area contributed by atoms with E-state index in [2.05, 4.69) is 19.2 Å². The molecule has 0 aliphatic carbocycles. The molecule has 16 heavy (non-hydrogen) atoms. The summed E-state index contributed by atoms with van der Waals surface area (Å²) in [6.45, 7) is 4.40. The van der Waals surface area contributed by atoms with Crippen LogP contribution in [0.2, 0.25) is 0 Å². The van der Waals surface area contributed by atoms with Crippen LogP contribution < -0.4 is 5.32 Å². The molecule has 1 heterocycles. The van der Waals surface area contributed by atoms with Gasteiger partial charge in [-0.25, -0.2) is 0 Å². The van der Waals surface area contributed by atoms with Crippen molar-refractivity contribution in [3.8, 4) is 0 Å². The lowest BCUT2D eigenvalue weighted by Gasteiger charge is -2.21. The predicted molar refractivity (Wildman–Crippen MR) is 65.1 cm³/mol. The number of hydrogen-bond donors (Lipinski definition) is 1. The number of hydrogen-bond acceptors (Lipinski definition) is 3. The number of rotatable bonds is 5. The molecule has 0 aromatic heterocycles. The molecular weight excluding hydrogens is 205 g/mol. The molecule has 1 amide bonds. The van der Waals surface area contributed by atoms with E-state index in [1.54, 1.807) is 7.05 Å². The third-order valence-corrected chi connectivity index (χ3v) is 3.31. The number of nitrogens with one attached hydrogen (secondary N) is 1. The van der Waals surface area contributed by atoms with Crippen molar-refractivity contribution in [1.29, 1.82) is 0 Å². The molecule has 0 saturated carbocycles. The van der Waals surface area contributed by atoms with Gasteiger partial charge in [-0.2, -0.15) is 0 Å². The Balaban J connectivity index is 2.53. The van der Waals surface area contributed by atoms with E-state index in [4.69, 9.17) is 9.47 Å². The van der Waals surface area contributed by atoms with Gasteiger partial charge in [0, 0.05) is 13.0 Å². The minimum atomic E-state index is -0.0815.